The first kappa shape index (κ1) is 19.9. The van der Waals surface area contributed by atoms with E-state index >= 15 is 0 Å². The number of carbonyl (C=O) groups is 1. The molecule has 0 aliphatic carbocycles. The van der Waals surface area contributed by atoms with Gasteiger partial charge in [0.1, 0.15) is 5.60 Å². The number of piperidine rings is 1. The van der Waals surface area contributed by atoms with Crippen LogP contribution in [0.15, 0.2) is 18.2 Å². The number of halogens is 1. The number of anilines is 2. The number of para-hydroxylation sites is 1. The van der Waals surface area contributed by atoms with Crippen molar-refractivity contribution >= 4 is 28.9 Å². The smallest absolute Gasteiger partial charge is 0.308 e. The monoisotopic (exact) mass is 366 g/mol. The van der Waals surface area contributed by atoms with E-state index in [4.69, 9.17) is 16.3 Å². The normalized spacial score (nSPS) is 17.3. The molecule has 1 heterocycles. The van der Waals surface area contributed by atoms with Gasteiger partial charge in [0.25, 0.3) is 0 Å². The first-order valence-electron chi connectivity index (χ1n) is 9.07. The van der Waals surface area contributed by atoms with E-state index in [-0.39, 0.29) is 5.97 Å². The Kier molecular flexibility index (Phi) is 6.26. The molecule has 0 radical (unpaired) electrons. The van der Waals surface area contributed by atoms with Crippen molar-refractivity contribution in [3.05, 3.63) is 23.2 Å². The SMILES string of the molecule is CC1(C)CCN(c2c(Cl)cccc2NCCC(=O)OC(C)(C)C)CC1. The Morgan fingerprint density at radius 1 is 1.28 bits per heavy atom. The number of esters is 1. The lowest BCUT2D eigenvalue weighted by atomic mass is 9.82. The van der Waals surface area contributed by atoms with Gasteiger partial charge in [0.2, 0.25) is 0 Å². The molecule has 1 aromatic rings. The van der Waals surface area contributed by atoms with E-state index in [9.17, 15) is 4.79 Å². The van der Waals surface area contributed by atoms with E-state index in [1.807, 2.05) is 39.0 Å². The van der Waals surface area contributed by atoms with Crippen LogP contribution >= 0.6 is 11.6 Å². The molecule has 1 aliphatic rings. The van der Waals surface area contributed by atoms with Crippen LogP contribution in [0.5, 0.6) is 0 Å². The Hall–Kier alpha value is -1.42. The molecule has 0 spiro atoms. The number of rotatable bonds is 5. The molecular weight excluding hydrogens is 336 g/mol. The minimum absolute atomic E-state index is 0.191. The second-order valence-corrected chi connectivity index (χ2v) is 8.96. The summed E-state index contributed by atoms with van der Waals surface area (Å²) >= 11 is 6.49. The highest BCUT2D eigenvalue weighted by Crippen LogP contribution is 2.39. The molecule has 140 valence electrons. The standard InChI is InChI=1S/C20H31ClN2O2/c1-19(2,3)25-17(24)9-12-22-16-8-6-7-15(21)18(16)23-13-10-20(4,5)11-14-23/h6-8,22H,9-14H2,1-5H3. The maximum Gasteiger partial charge on any atom is 0.308 e. The fourth-order valence-corrected chi connectivity index (χ4v) is 3.30. The first-order valence-corrected chi connectivity index (χ1v) is 9.44. The van der Waals surface area contributed by atoms with Crippen molar-refractivity contribution in [3.8, 4) is 0 Å². The Balaban J connectivity index is 2.00. The number of hydrogen-bond acceptors (Lipinski definition) is 4. The second-order valence-electron chi connectivity index (χ2n) is 8.55. The minimum Gasteiger partial charge on any atom is -0.460 e. The zero-order valence-electron chi connectivity index (χ0n) is 16.1. The Bertz CT molecular complexity index is 598. The highest BCUT2D eigenvalue weighted by Gasteiger charge is 2.27. The van der Waals surface area contributed by atoms with Crippen molar-refractivity contribution < 1.29 is 9.53 Å². The van der Waals surface area contributed by atoms with Gasteiger partial charge in [-0.2, -0.15) is 0 Å². The summed E-state index contributed by atoms with van der Waals surface area (Å²) in [4.78, 5) is 14.2. The lowest BCUT2D eigenvalue weighted by molar-refractivity contribution is -0.154. The molecule has 0 amide bonds. The molecule has 0 saturated carbocycles. The van der Waals surface area contributed by atoms with E-state index in [0.717, 1.165) is 42.3 Å². The average Bonchev–Trinajstić information content (AvgIpc) is 2.46. The van der Waals surface area contributed by atoms with E-state index in [2.05, 4.69) is 24.1 Å². The molecule has 0 atom stereocenters. The van der Waals surface area contributed by atoms with Crippen molar-refractivity contribution in [3.63, 3.8) is 0 Å². The van der Waals surface area contributed by atoms with Crippen LogP contribution in [0.2, 0.25) is 5.02 Å². The fourth-order valence-electron chi connectivity index (χ4n) is 3.01. The van der Waals surface area contributed by atoms with E-state index in [1.54, 1.807) is 0 Å². The van der Waals surface area contributed by atoms with E-state index in [0.29, 0.717) is 18.4 Å². The maximum absolute atomic E-state index is 11.9. The maximum atomic E-state index is 11.9. The average molecular weight is 367 g/mol. The minimum atomic E-state index is -0.446. The molecule has 1 fully saturated rings. The molecule has 1 aromatic carbocycles. The Morgan fingerprint density at radius 3 is 2.52 bits per heavy atom. The van der Waals surface area contributed by atoms with Gasteiger partial charge < -0.3 is 15.0 Å². The summed E-state index contributed by atoms with van der Waals surface area (Å²) in [5, 5.41) is 4.11. The molecule has 2 rings (SSSR count). The highest BCUT2D eigenvalue weighted by atomic mass is 35.5. The van der Waals surface area contributed by atoms with Crippen molar-refractivity contribution in [2.45, 2.75) is 59.5 Å². The van der Waals surface area contributed by atoms with Crippen LogP contribution in [0, 0.1) is 5.41 Å². The molecule has 0 bridgehead atoms. The van der Waals surface area contributed by atoms with Gasteiger partial charge in [-0.15, -0.1) is 0 Å². The quantitative estimate of drug-likeness (QED) is 0.735. The third-order valence-corrected chi connectivity index (χ3v) is 4.79. The van der Waals surface area contributed by atoms with Crippen LogP contribution in [0.4, 0.5) is 11.4 Å². The molecular formula is C20H31ClN2O2. The summed E-state index contributed by atoms with van der Waals surface area (Å²) in [6.07, 6.45) is 2.63. The largest absolute Gasteiger partial charge is 0.460 e. The predicted octanol–water partition coefficient (Wildman–Crippen LogP) is 5.11. The molecule has 25 heavy (non-hydrogen) atoms. The van der Waals surface area contributed by atoms with Crippen molar-refractivity contribution in [1.29, 1.82) is 0 Å². The molecule has 0 aromatic heterocycles. The summed E-state index contributed by atoms with van der Waals surface area (Å²) in [5.41, 5.74) is 1.97. The molecule has 1 N–H and O–H groups in total. The number of nitrogens with zero attached hydrogens (tertiary/aromatic N) is 1. The van der Waals surface area contributed by atoms with Crippen LogP contribution in [-0.2, 0) is 9.53 Å². The van der Waals surface area contributed by atoms with Crippen molar-refractivity contribution in [1.82, 2.24) is 0 Å². The topological polar surface area (TPSA) is 41.6 Å². The lowest BCUT2D eigenvalue weighted by Gasteiger charge is -2.39. The zero-order chi connectivity index (χ0) is 18.7. The summed E-state index contributed by atoms with van der Waals surface area (Å²) in [5.74, 6) is -0.191. The van der Waals surface area contributed by atoms with Gasteiger partial charge >= 0.3 is 5.97 Å². The van der Waals surface area contributed by atoms with Gasteiger partial charge in [-0.3, -0.25) is 4.79 Å². The van der Waals surface area contributed by atoms with Gasteiger partial charge in [-0.05, 0) is 51.2 Å². The molecule has 4 nitrogen and oxygen atoms in total. The van der Waals surface area contributed by atoms with Gasteiger partial charge in [-0.1, -0.05) is 31.5 Å². The predicted molar refractivity (Wildman–Crippen MR) is 106 cm³/mol. The fraction of sp³-hybridized carbons (Fsp3) is 0.650. The van der Waals surface area contributed by atoms with Gasteiger partial charge in [0.15, 0.2) is 0 Å². The van der Waals surface area contributed by atoms with Crippen molar-refractivity contribution in [2.24, 2.45) is 5.41 Å². The van der Waals surface area contributed by atoms with Crippen LogP contribution < -0.4 is 10.2 Å². The molecule has 1 saturated heterocycles. The summed E-state index contributed by atoms with van der Waals surface area (Å²) in [6, 6.07) is 5.89. The third kappa shape index (κ3) is 6.10. The number of carbonyl (C=O) groups excluding carboxylic acids is 1. The summed E-state index contributed by atoms with van der Waals surface area (Å²) < 4.78 is 5.35. The number of hydrogen-bond donors (Lipinski definition) is 1. The molecule has 1 aliphatic heterocycles. The Labute approximate surface area is 156 Å². The van der Waals surface area contributed by atoms with Crippen molar-refractivity contribution in [2.75, 3.05) is 29.9 Å². The van der Waals surface area contributed by atoms with Gasteiger partial charge in [0, 0.05) is 19.6 Å². The lowest BCUT2D eigenvalue weighted by Crippen LogP contribution is -2.37. The van der Waals surface area contributed by atoms with Crippen LogP contribution in [0.1, 0.15) is 53.9 Å². The van der Waals surface area contributed by atoms with Crippen LogP contribution in [0.3, 0.4) is 0 Å². The second kappa shape index (κ2) is 7.86. The van der Waals surface area contributed by atoms with Gasteiger partial charge in [0.05, 0.1) is 22.8 Å². The number of benzene rings is 1. The first-order chi connectivity index (χ1) is 11.6. The van der Waals surface area contributed by atoms with Gasteiger partial charge in [-0.25, -0.2) is 0 Å². The molecule has 5 heteroatoms. The van der Waals surface area contributed by atoms with E-state index < -0.39 is 5.60 Å². The summed E-state index contributed by atoms with van der Waals surface area (Å²) in [7, 11) is 0. The number of ether oxygens (including phenoxy) is 1. The summed E-state index contributed by atoms with van der Waals surface area (Å²) in [6.45, 7) is 12.8. The Morgan fingerprint density at radius 2 is 1.92 bits per heavy atom. The molecule has 0 unspecified atom stereocenters. The van der Waals surface area contributed by atoms with Crippen LogP contribution in [0.25, 0.3) is 0 Å². The van der Waals surface area contributed by atoms with E-state index in [1.165, 1.54) is 0 Å². The third-order valence-electron chi connectivity index (χ3n) is 4.48. The van der Waals surface area contributed by atoms with Crippen LogP contribution in [-0.4, -0.2) is 31.2 Å². The zero-order valence-corrected chi connectivity index (χ0v) is 16.9. The number of nitrogens with one attached hydrogen (secondary N) is 1. The highest BCUT2D eigenvalue weighted by molar-refractivity contribution is 6.34.